The van der Waals surface area contributed by atoms with Gasteiger partial charge in [0.15, 0.2) is 0 Å². The van der Waals surface area contributed by atoms with E-state index in [0.717, 1.165) is 5.56 Å². The van der Waals surface area contributed by atoms with Gasteiger partial charge in [-0.2, -0.15) is 0 Å². The Kier molecular flexibility index (Phi) is 6.78. The predicted octanol–water partition coefficient (Wildman–Crippen LogP) is 1.93. The van der Waals surface area contributed by atoms with Crippen molar-refractivity contribution in [1.29, 1.82) is 0 Å². The molecule has 2 N–H and O–H groups in total. The number of benzene rings is 2. The van der Waals surface area contributed by atoms with Gasteiger partial charge in [-0.1, -0.05) is 48.5 Å². The van der Waals surface area contributed by atoms with Crippen LogP contribution in [0.4, 0.5) is 0 Å². The van der Waals surface area contributed by atoms with Gasteiger partial charge < -0.3 is 9.90 Å². The molecule has 0 fully saturated rings. The number of aromatic hydroxyl groups is 1. The van der Waals surface area contributed by atoms with Gasteiger partial charge in [-0.15, -0.1) is 0 Å². The number of hydrogen-bond acceptors (Lipinski definition) is 4. The van der Waals surface area contributed by atoms with Crippen molar-refractivity contribution in [3.8, 4) is 5.75 Å². The van der Waals surface area contributed by atoms with Crippen LogP contribution < -0.4 is 5.32 Å². The highest BCUT2D eigenvalue weighted by Crippen LogP contribution is 2.16. The molecule has 0 bridgehead atoms. The normalized spacial score (nSPS) is 12.1. The van der Waals surface area contributed by atoms with E-state index in [9.17, 15) is 9.59 Å². The monoisotopic (exact) mass is 297 g/mol. The molecule has 1 aliphatic heterocycles. The number of phenolic OH excluding ortho intramolecular Hbond substituents is 1. The van der Waals surface area contributed by atoms with E-state index in [1.165, 1.54) is 6.08 Å². The van der Waals surface area contributed by atoms with Gasteiger partial charge in [0, 0.05) is 6.08 Å². The molecule has 0 aliphatic carbocycles. The number of phenols is 1. The van der Waals surface area contributed by atoms with Gasteiger partial charge in [-0.25, -0.2) is 0 Å². The molecule has 0 radical (unpaired) electrons. The third-order valence-electron chi connectivity index (χ3n) is 2.60. The highest BCUT2D eigenvalue weighted by Gasteiger charge is 2.21. The molecule has 0 unspecified atom stereocenters. The largest absolute Gasteiger partial charge is 0.508 e. The lowest BCUT2D eigenvalue weighted by molar-refractivity contribution is -0.123. The van der Waals surface area contributed by atoms with Crippen LogP contribution in [0.15, 0.2) is 66.7 Å². The van der Waals surface area contributed by atoms with Gasteiger partial charge in [0.25, 0.3) is 11.8 Å². The van der Waals surface area contributed by atoms with Crippen LogP contribution in [0.5, 0.6) is 5.75 Å². The first-order valence-electron chi connectivity index (χ1n) is 6.32. The molecule has 2 aromatic rings. The average molecular weight is 297 g/mol. The molecule has 1 heterocycles. The van der Waals surface area contributed by atoms with Crippen molar-refractivity contribution in [2.75, 3.05) is 0 Å². The fraction of sp³-hybridized carbons (Fsp3) is 0. The van der Waals surface area contributed by atoms with E-state index < -0.39 is 0 Å². The second-order valence-electron chi connectivity index (χ2n) is 4.08. The van der Waals surface area contributed by atoms with Crippen molar-refractivity contribution >= 4 is 24.2 Å². The minimum Gasteiger partial charge on any atom is -0.508 e. The molecule has 1 aliphatic rings. The summed E-state index contributed by atoms with van der Waals surface area (Å²) in [6.07, 6.45) is 1.32. The summed E-state index contributed by atoms with van der Waals surface area (Å²) in [5.41, 5.74) is 1.21. The lowest BCUT2D eigenvalue weighted by Gasteiger charge is -1.97. The van der Waals surface area contributed by atoms with E-state index in [2.05, 4.69) is 5.32 Å². The van der Waals surface area contributed by atoms with Gasteiger partial charge >= 0.3 is 0 Å². The zero-order chi connectivity index (χ0) is 16.4. The summed E-state index contributed by atoms with van der Waals surface area (Å²) in [7, 11) is 0. The number of amides is 2. The second kappa shape index (κ2) is 8.86. The third kappa shape index (κ3) is 5.05. The van der Waals surface area contributed by atoms with Crippen LogP contribution >= 0.6 is 0 Å². The number of imide groups is 1. The van der Waals surface area contributed by atoms with Crippen LogP contribution in [-0.2, 0) is 14.4 Å². The number of nitrogens with one attached hydrogen (secondary N) is 1. The first-order chi connectivity index (χ1) is 10.7. The maximum atomic E-state index is 11.2. The van der Waals surface area contributed by atoms with E-state index in [1.807, 2.05) is 31.1 Å². The number of carbonyl (C=O) groups excluding carboxylic acids is 3. The molecular weight excluding hydrogens is 282 g/mol. The molecule has 0 saturated heterocycles. The standard InChI is InChI=1S/C10H7NO2.C6H6O.CH2O/c12-9-6-8(10(13)11-9)7-4-2-1-3-5-7;7-6-4-2-1-3-5-6;1-2/h1-6H,(H,11,12,13);1-5,7H;1H2. The van der Waals surface area contributed by atoms with Crippen LogP contribution in [0.3, 0.4) is 0 Å². The minimum atomic E-state index is -0.344. The highest BCUT2D eigenvalue weighted by atomic mass is 16.3. The predicted molar refractivity (Wildman–Crippen MR) is 82.8 cm³/mol. The van der Waals surface area contributed by atoms with Crippen LogP contribution in [-0.4, -0.2) is 23.7 Å². The Balaban J connectivity index is 0.000000228. The molecule has 0 aromatic heterocycles. The Morgan fingerprint density at radius 3 is 1.68 bits per heavy atom. The first-order valence-corrected chi connectivity index (χ1v) is 6.32. The number of carbonyl (C=O) groups is 3. The molecule has 0 saturated carbocycles. The molecule has 0 spiro atoms. The van der Waals surface area contributed by atoms with Crippen LogP contribution in [0.1, 0.15) is 5.56 Å². The summed E-state index contributed by atoms with van der Waals surface area (Å²) < 4.78 is 0. The minimum absolute atomic E-state index is 0.322. The maximum absolute atomic E-state index is 11.2. The summed E-state index contributed by atoms with van der Waals surface area (Å²) >= 11 is 0. The van der Waals surface area contributed by atoms with Gasteiger partial charge in [0.05, 0.1) is 5.57 Å². The Hall–Kier alpha value is -3.21. The molecule has 3 rings (SSSR count). The van der Waals surface area contributed by atoms with Gasteiger partial charge in [0.1, 0.15) is 12.5 Å². The second-order valence-corrected chi connectivity index (χ2v) is 4.08. The third-order valence-corrected chi connectivity index (χ3v) is 2.60. The Labute approximate surface area is 127 Å². The molecule has 2 amide bonds. The highest BCUT2D eigenvalue weighted by molar-refractivity contribution is 6.33. The van der Waals surface area contributed by atoms with Crippen LogP contribution in [0, 0.1) is 0 Å². The van der Waals surface area contributed by atoms with E-state index in [-0.39, 0.29) is 11.8 Å². The van der Waals surface area contributed by atoms with Crippen molar-refractivity contribution in [2.24, 2.45) is 0 Å². The van der Waals surface area contributed by atoms with E-state index in [4.69, 9.17) is 9.90 Å². The van der Waals surface area contributed by atoms with Crippen molar-refractivity contribution in [3.63, 3.8) is 0 Å². The average Bonchev–Trinajstić information content (AvgIpc) is 2.90. The summed E-state index contributed by atoms with van der Waals surface area (Å²) in [6, 6.07) is 17.8. The van der Waals surface area contributed by atoms with Crippen molar-refractivity contribution < 1.29 is 19.5 Å². The topological polar surface area (TPSA) is 83.5 Å². The van der Waals surface area contributed by atoms with E-state index in [1.54, 1.807) is 36.4 Å². The van der Waals surface area contributed by atoms with Crippen molar-refractivity contribution in [1.82, 2.24) is 5.32 Å². The van der Waals surface area contributed by atoms with Crippen molar-refractivity contribution in [2.45, 2.75) is 0 Å². The molecule has 5 heteroatoms. The Bertz CT molecular complexity index is 651. The van der Waals surface area contributed by atoms with Crippen LogP contribution in [0.25, 0.3) is 5.57 Å². The molecule has 0 atom stereocenters. The summed E-state index contributed by atoms with van der Waals surface area (Å²) in [4.78, 5) is 30.0. The first kappa shape index (κ1) is 16.8. The fourth-order valence-corrected chi connectivity index (χ4v) is 1.67. The number of hydrogen-bond donors (Lipinski definition) is 2. The Morgan fingerprint density at radius 2 is 1.32 bits per heavy atom. The summed E-state index contributed by atoms with van der Waals surface area (Å²) in [6.45, 7) is 2.00. The van der Waals surface area contributed by atoms with Gasteiger partial charge in [0.2, 0.25) is 0 Å². The molecule has 5 nitrogen and oxygen atoms in total. The molecular formula is C17H15NO4. The fourth-order valence-electron chi connectivity index (χ4n) is 1.67. The van der Waals surface area contributed by atoms with Gasteiger partial charge in [-0.3, -0.25) is 14.9 Å². The SMILES string of the molecule is C=O.O=C1C=C(c2ccccc2)C(=O)N1.Oc1ccccc1. The smallest absolute Gasteiger partial charge is 0.258 e. The quantitative estimate of drug-likeness (QED) is 0.788. The number of para-hydroxylation sites is 1. The molecule has 2 aromatic carbocycles. The van der Waals surface area contributed by atoms with Crippen LogP contribution in [0.2, 0.25) is 0 Å². The molecule has 22 heavy (non-hydrogen) atoms. The lowest BCUT2D eigenvalue weighted by atomic mass is 10.1. The zero-order valence-corrected chi connectivity index (χ0v) is 11.7. The summed E-state index contributed by atoms with van der Waals surface area (Å²) in [5, 5.41) is 10.8. The zero-order valence-electron chi connectivity index (χ0n) is 11.7. The van der Waals surface area contributed by atoms with Gasteiger partial charge in [-0.05, 0) is 17.7 Å². The van der Waals surface area contributed by atoms with Crippen molar-refractivity contribution in [3.05, 3.63) is 72.3 Å². The lowest BCUT2D eigenvalue weighted by Crippen LogP contribution is -2.21. The molecule has 112 valence electrons. The van der Waals surface area contributed by atoms with E-state index >= 15 is 0 Å². The maximum Gasteiger partial charge on any atom is 0.258 e. The summed E-state index contributed by atoms with van der Waals surface area (Å²) in [5.74, 6) is -0.345. The Morgan fingerprint density at radius 1 is 0.818 bits per heavy atom. The van der Waals surface area contributed by atoms with E-state index in [0.29, 0.717) is 11.3 Å². The number of rotatable bonds is 1.